The van der Waals surface area contributed by atoms with Gasteiger partial charge in [0, 0.05) is 23.3 Å². The molecular weight excluding hydrogens is 472 g/mol. The van der Waals surface area contributed by atoms with E-state index in [9.17, 15) is 14.4 Å². The van der Waals surface area contributed by atoms with Crippen molar-refractivity contribution in [1.82, 2.24) is 0 Å². The van der Waals surface area contributed by atoms with Crippen molar-refractivity contribution in [3.8, 4) is 11.5 Å². The number of hydrogen-bond donors (Lipinski definition) is 0. The first-order valence-corrected chi connectivity index (χ1v) is 13.1. The van der Waals surface area contributed by atoms with E-state index in [1.807, 2.05) is 6.07 Å². The Morgan fingerprint density at radius 3 is 2.81 bits per heavy atom. The van der Waals surface area contributed by atoms with Crippen molar-refractivity contribution in [3.05, 3.63) is 54.1 Å². The van der Waals surface area contributed by atoms with E-state index < -0.39 is 29.0 Å². The molecule has 0 unspecified atom stereocenters. The van der Waals surface area contributed by atoms with Gasteiger partial charge in [0.25, 0.3) is 0 Å². The Kier molecular flexibility index (Phi) is 4.62. The normalized spacial score (nSPS) is 40.2. The van der Waals surface area contributed by atoms with Gasteiger partial charge in [0.05, 0.1) is 6.61 Å². The first-order chi connectivity index (χ1) is 17.7. The summed E-state index contributed by atoms with van der Waals surface area (Å²) in [5.41, 5.74) is -0.846. The van der Waals surface area contributed by atoms with Crippen LogP contribution in [0.25, 0.3) is 6.08 Å². The molecule has 7 rings (SSSR count). The number of allylic oxidation sites excluding steroid dienone is 1. The summed E-state index contributed by atoms with van der Waals surface area (Å²) in [7, 11) is 0. The SMILES string of the molecule is C=C1C(=O)[C@@]23C(=O)[C@@H]4OC[C@]5(C=CCC(C)(C)[C@@H]45)[C@@H]2CC[C@@H]1[C@H]3OC(=O)/C=C/c1ccc2c(c1)OCO2. The second-order valence-corrected chi connectivity index (χ2v) is 12.0. The summed E-state index contributed by atoms with van der Waals surface area (Å²) in [6.45, 7) is 9.03. The fraction of sp³-hybridized carbons (Fsp3) is 0.500. The van der Waals surface area contributed by atoms with Crippen molar-refractivity contribution >= 4 is 23.6 Å². The number of ketones is 2. The van der Waals surface area contributed by atoms with E-state index in [4.69, 9.17) is 18.9 Å². The molecule has 4 aliphatic carbocycles. The number of rotatable bonds is 3. The van der Waals surface area contributed by atoms with Crippen LogP contribution in [0.4, 0.5) is 0 Å². The van der Waals surface area contributed by atoms with Gasteiger partial charge < -0.3 is 18.9 Å². The van der Waals surface area contributed by atoms with Gasteiger partial charge in [-0.05, 0) is 59.9 Å². The van der Waals surface area contributed by atoms with Gasteiger partial charge in [-0.3, -0.25) is 9.59 Å². The zero-order valence-electron chi connectivity index (χ0n) is 21.0. The van der Waals surface area contributed by atoms with E-state index in [0.29, 0.717) is 36.5 Å². The monoisotopic (exact) mass is 502 g/mol. The van der Waals surface area contributed by atoms with Crippen LogP contribution in [0, 0.1) is 34.0 Å². The number of benzene rings is 1. The van der Waals surface area contributed by atoms with Crippen LogP contribution < -0.4 is 9.47 Å². The fourth-order valence-electron chi connectivity index (χ4n) is 8.55. The van der Waals surface area contributed by atoms with Crippen LogP contribution in [0.1, 0.15) is 38.7 Å². The molecule has 7 nitrogen and oxygen atoms in total. The van der Waals surface area contributed by atoms with Crippen molar-refractivity contribution in [2.24, 2.45) is 34.0 Å². The van der Waals surface area contributed by atoms with Crippen LogP contribution in [0.3, 0.4) is 0 Å². The first-order valence-electron chi connectivity index (χ1n) is 13.1. The molecule has 37 heavy (non-hydrogen) atoms. The molecular formula is C30H30O7. The molecule has 3 saturated carbocycles. The topological polar surface area (TPSA) is 88.1 Å². The zero-order valence-corrected chi connectivity index (χ0v) is 21.0. The summed E-state index contributed by atoms with van der Waals surface area (Å²) < 4.78 is 23.0. The van der Waals surface area contributed by atoms with Gasteiger partial charge >= 0.3 is 5.97 Å². The first kappa shape index (κ1) is 23.0. The van der Waals surface area contributed by atoms with E-state index in [1.54, 1.807) is 18.2 Å². The molecule has 1 saturated heterocycles. The molecule has 2 heterocycles. The quantitative estimate of drug-likeness (QED) is 0.267. The molecule has 2 aliphatic heterocycles. The number of hydrogen-bond acceptors (Lipinski definition) is 7. The third-order valence-electron chi connectivity index (χ3n) is 9.92. The van der Waals surface area contributed by atoms with Gasteiger partial charge in [0.15, 0.2) is 23.1 Å². The minimum atomic E-state index is -1.43. The lowest BCUT2D eigenvalue weighted by Crippen LogP contribution is -2.68. The Morgan fingerprint density at radius 2 is 1.97 bits per heavy atom. The molecule has 192 valence electrons. The summed E-state index contributed by atoms with van der Waals surface area (Å²) in [5, 5.41) is 0. The minimum absolute atomic E-state index is 0.00593. The number of fused-ring (bicyclic) bond motifs is 2. The van der Waals surface area contributed by atoms with Crippen LogP contribution in [-0.2, 0) is 23.9 Å². The maximum absolute atomic E-state index is 14.3. The molecule has 0 N–H and O–H groups in total. The summed E-state index contributed by atoms with van der Waals surface area (Å²) in [6.07, 6.45) is 8.03. The van der Waals surface area contributed by atoms with Crippen LogP contribution in [0.5, 0.6) is 11.5 Å². The van der Waals surface area contributed by atoms with Crippen LogP contribution in [0.15, 0.2) is 48.6 Å². The zero-order chi connectivity index (χ0) is 25.7. The van der Waals surface area contributed by atoms with Crippen LogP contribution >= 0.6 is 0 Å². The number of carbonyl (C=O) groups is 3. The Hall–Kier alpha value is -3.19. The summed E-state index contributed by atoms with van der Waals surface area (Å²) >= 11 is 0. The molecule has 0 radical (unpaired) electrons. The maximum atomic E-state index is 14.3. The summed E-state index contributed by atoms with van der Waals surface area (Å²) in [4.78, 5) is 41.4. The third kappa shape index (κ3) is 2.78. The number of carbonyl (C=O) groups excluding carboxylic acids is 3. The molecule has 1 spiro atoms. The average Bonchev–Trinajstić information content (AvgIpc) is 3.51. The summed E-state index contributed by atoms with van der Waals surface area (Å²) in [6, 6.07) is 5.39. The smallest absolute Gasteiger partial charge is 0.331 e. The Morgan fingerprint density at radius 1 is 1.16 bits per heavy atom. The van der Waals surface area contributed by atoms with Crippen molar-refractivity contribution < 1.29 is 33.3 Å². The molecule has 7 atom stereocenters. The van der Waals surface area contributed by atoms with E-state index in [2.05, 4.69) is 32.6 Å². The van der Waals surface area contributed by atoms with Gasteiger partial charge in [-0.15, -0.1) is 0 Å². The third-order valence-corrected chi connectivity index (χ3v) is 9.92. The molecule has 1 aromatic rings. The lowest BCUT2D eigenvalue weighted by Gasteiger charge is -2.59. The van der Waals surface area contributed by atoms with Crippen molar-refractivity contribution in [2.45, 2.75) is 45.3 Å². The van der Waals surface area contributed by atoms with Gasteiger partial charge in [-0.2, -0.15) is 0 Å². The van der Waals surface area contributed by atoms with Crippen molar-refractivity contribution in [3.63, 3.8) is 0 Å². The lowest BCUT2D eigenvalue weighted by atomic mass is 9.41. The standard InChI is InChI=1S/C30H30O7/c1-16-18-7-9-21-29-12-4-11-28(2,3)24(29)23(34-14-29)26(33)30(21,25(16)32)27(18)37-22(31)10-6-17-5-8-19-20(13-17)36-15-35-19/h4-6,8,10,12-13,18,21,23-24,27H,1,7,9,11,14-15H2,2-3H3/b10-6+/t18-,21-,23+,24+,27+,29+,30+/m0/s1. The molecule has 6 aliphatic rings. The minimum Gasteiger partial charge on any atom is -0.457 e. The highest BCUT2D eigenvalue weighted by Gasteiger charge is 2.80. The van der Waals surface area contributed by atoms with Crippen molar-refractivity contribution in [2.75, 3.05) is 13.4 Å². The second-order valence-electron chi connectivity index (χ2n) is 12.0. The van der Waals surface area contributed by atoms with Crippen LogP contribution in [-0.4, -0.2) is 43.1 Å². The lowest BCUT2D eigenvalue weighted by molar-refractivity contribution is -0.187. The van der Waals surface area contributed by atoms with Gasteiger partial charge in [-0.25, -0.2) is 4.79 Å². The molecule has 1 aromatic carbocycles. The molecule has 4 bridgehead atoms. The van der Waals surface area contributed by atoms with E-state index >= 15 is 0 Å². The highest BCUT2D eigenvalue weighted by molar-refractivity contribution is 6.20. The molecule has 0 aromatic heterocycles. The fourth-order valence-corrected chi connectivity index (χ4v) is 8.55. The Labute approximate surface area is 215 Å². The number of esters is 1. The van der Waals surface area contributed by atoms with Crippen LogP contribution in [0.2, 0.25) is 0 Å². The number of ether oxygens (including phenoxy) is 4. The van der Waals surface area contributed by atoms with Gasteiger partial charge in [-0.1, -0.05) is 38.6 Å². The van der Waals surface area contributed by atoms with E-state index in [-0.39, 0.29) is 41.5 Å². The number of Topliss-reactive ketones (excluding diaryl/α,β-unsaturated/α-hetero) is 2. The van der Waals surface area contributed by atoms with Crippen molar-refractivity contribution in [1.29, 1.82) is 0 Å². The van der Waals surface area contributed by atoms with Gasteiger partial charge in [0.2, 0.25) is 6.79 Å². The Bertz CT molecular complexity index is 1320. The Balaban J connectivity index is 1.25. The molecule has 7 heteroatoms. The van der Waals surface area contributed by atoms with E-state index in [0.717, 1.165) is 12.0 Å². The highest BCUT2D eigenvalue weighted by atomic mass is 16.7. The summed E-state index contributed by atoms with van der Waals surface area (Å²) in [5.74, 6) is -0.438. The second kappa shape index (κ2) is 7.44. The average molecular weight is 503 g/mol. The molecule has 4 fully saturated rings. The highest BCUT2D eigenvalue weighted by Crippen LogP contribution is 2.71. The predicted octanol–water partition coefficient (Wildman–Crippen LogP) is 4.06. The molecule has 0 amide bonds. The maximum Gasteiger partial charge on any atom is 0.331 e. The predicted molar refractivity (Wildman–Crippen MR) is 132 cm³/mol. The largest absolute Gasteiger partial charge is 0.457 e. The van der Waals surface area contributed by atoms with E-state index in [1.165, 1.54) is 6.08 Å². The van der Waals surface area contributed by atoms with Gasteiger partial charge in [0.1, 0.15) is 17.6 Å².